The number of aromatic nitrogens is 1. The van der Waals surface area contributed by atoms with E-state index >= 15 is 0 Å². The Morgan fingerprint density at radius 2 is 1.96 bits per heavy atom. The number of amides is 1. The Morgan fingerprint density at radius 1 is 1.13 bits per heavy atom. The second-order valence-corrected chi connectivity index (χ2v) is 5.38. The van der Waals surface area contributed by atoms with E-state index in [1.54, 1.807) is 42.5 Å². The lowest BCUT2D eigenvalue weighted by Gasteiger charge is -2.05. The van der Waals surface area contributed by atoms with E-state index in [-0.39, 0.29) is 5.91 Å². The van der Waals surface area contributed by atoms with Crippen molar-refractivity contribution < 1.29 is 14.3 Å². The summed E-state index contributed by atoms with van der Waals surface area (Å²) in [5, 5.41) is 4.20. The van der Waals surface area contributed by atoms with Gasteiger partial charge in [-0.2, -0.15) is 0 Å². The highest BCUT2D eigenvalue weighted by Gasteiger charge is 2.12. The Morgan fingerprint density at radius 3 is 2.74 bits per heavy atom. The molecular formula is C17H13ClN2O3. The SMILES string of the molecule is COC(=O)c1cccc(NC(=O)c2cc3cc(Cl)ccc3[nH]2)c1. The molecule has 0 aliphatic rings. The average molecular weight is 329 g/mol. The Kier molecular flexibility index (Phi) is 4.04. The van der Waals surface area contributed by atoms with Crippen LogP contribution in [0.1, 0.15) is 20.8 Å². The van der Waals surface area contributed by atoms with Gasteiger partial charge in [-0.25, -0.2) is 4.79 Å². The third-order valence-electron chi connectivity index (χ3n) is 3.37. The normalized spacial score (nSPS) is 10.5. The summed E-state index contributed by atoms with van der Waals surface area (Å²) in [7, 11) is 1.31. The van der Waals surface area contributed by atoms with Gasteiger partial charge in [-0.15, -0.1) is 0 Å². The number of ether oxygens (including phenoxy) is 1. The smallest absolute Gasteiger partial charge is 0.337 e. The van der Waals surface area contributed by atoms with Crippen molar-refractivity contribution >= 4 is 40.1 Å². The monoisotopic (exact) mass is 328 g/mol. The number of benzene rings is 2. The minimum atomic E-state index is -0.457. The van der Waals surface area contributed by atoms with Crippen LogP contribution in [0.4, 0.5) is 5.69 Å². The standard InChI is InChI=1S/C17H13ClN2O3/c1-23-17(22)10-3-2-4-13(8-10)19-16(21)15-9-11-7-12(18)5-6-14(11)20-15/h2-9,20H,1H3,(H,19,21). The first kappa shape index (κ1) is 15.1. The number of aromatic amines is 1. The van der Waals surface area contributed by atoms with Crippen molar-refractivity contribution in [1.29, 1.82) is 0 Å². The molecule has 0 atom stereocenters. The van der Waals surface area contributed by atoms with Crippen molar-refractivity contribution in [3.63, 3.8) is 0 Å². The van der Waals surface area contributed by atoms with Crippen molar-refractivity contribution in [3.8, 4) is 0 Å². The lowest BCUT2D eigenvalue weighted by Crippen LogP contribution is -2.12. The summed E-state index contributed by atoms with van der Waals surface area (Å²) in [5.41, 5.74) is 2.11. The minimum Gasteiger partial charge on any atom is -0.465 e. The number of nitrogens with one attached hydrogen (secondary N) is 2. The molecule has 0 radical (unpaired) electrons. The Balaban J connectivity index is 1.84. The van der Waals surface area contributed by atoms with E-state index in [2.05, 4.69) is 15.0 Å². The van der Waals surface area contributed by atoms with Gasteiger partial charge in [0.05, 0.1) is 12.7 Å². The Labute approximate surface area is 137 Å². The van der Waals surface area contributed by atoms with Gasteiger partial charge in [-0.1, -0.05) is 17.7 Å². The van der Waals surface area contributed by atoms with Gasteiger partial charge in [0, 0.05) is 21.6 Å². The largest absolute Gasteiger partial charge is 0.465 e. The molecule has 1 heterocycles. The van der Waals surface area contributed by atoms with Gasteiger partial charge >= 0.3 is 5.97 Å². The average Bonchev–Trinajstić information content (AvgIpc) is 2.97. The lowest BCUT2D eigenvalue weighted by molar-refractivity contribution is 0.0600. The molecule has 2 aromatic carbocycles. The fraction of sp³-hybridized carbons (Fsp3) is 0.0588. The van der Waals surface area contributed by atoms with Crippen molar-refractivity contribution in [2.75, 3.05) is 12.4 Å². The van der Waals surface area contributed by atoms with Crippen molar-refractivity contribution in [2.45, 2.75) is 0 Å². The maximum absolute atomic E-state index is 12.3. The molecular weight excluding hydrogens is 316 g/mol. The summed E-state index contributed by atoms with van der Waals surface area (Å²) in [6.45, 7) is 0. The molecule has 0 unspecified atom stereocenters. The van der Waals surface area contributed by atoms with Crippen LogP contribution < -0.4 is 5.32 Å². The zero-order valence-electron chi connectivity index (χ0n) is 12.2. The first-order valence-corrected chi connectivity index (χ1v) is 7.22. The van der Waals surface area contributed by atoms with Crippen LogP contribution in [0.2, 0.25) is 5.02 Å². The van der Waals surface area contributed by atoms with Crippen molar-refractivity contribution in [1.82, 2.24) is 4.98 Å². The first-order valence-electron chi connectivity index (χ1n) is 6.85. The number of carbonyl (C=O) groups excluding carboxylic acids is 2. The molecule has 3 aromatic rings. The van der Waals surface area contributed by atoms with Crippen LogP contribution in [0.5, 0.6) is 0 Å². The fourth-order valence-corrected chi connectivity index (χ4v) is 2.45. The van der Waals surface area contributed by atoms with Crippen LogP contribution in [0.25, 0.3) is 10.9 Å². The second-order valence-electron chi connectivity index (χ2n) is 4.94. The Bertz CT molecular complexity index is 902. The summed E-state index contributed by atoms with van der Waals surface area (Å²) < 4.78 is 4.66. The van der Waals surface area contributed by atoms with Crippen LogP contribution >= 0.6 is 11.6 Å². The molecule has 0 saturated carbocycles. The fourth-order valence-electron chi connectivity index (χ4n) is 2.27. The van der Waals surface area contributed by atoms with Crippen LogP contribution in [0.3, 0.4) is 0 Å². The number of fused-ring (bicyclic) bond motifs is 1. The summed E-state index contributed by atoms with van der Waals surface area (Å²) in [6.07, 6.45) is 0. The van der Waals surface area contributed by atoms with E-state index in [9.17, 15) is 9.59 Å². The van der Waals surface area contributed by atoms with E-state index < -0.39 is 5.97 Å². The number of anilines is 1. The molecule has 0 fully saturated rings. The molecule has 23 heavy (non-hydrogen) atoms. The highest BCUT2D eigenvalue weighted by Crippen LogP contribution is 2.21. The zero-order valence-corrected chi connectivity index (χ0v) is 13.0. The molecule has 2 N–H and O–H groups in total. The van der Waals surface area contributed by atoms with Crippen LogP contribution in [0, 0.1) is 0 Å². The molecule has 3 rings (SSSR count). The molecule has 116 valence electrons. The van der Waals surface area contributed by atoms with Gasteiger partial charge in [0.1, 0.15) is 5.69 Å². The van der Waals surface area contributed by atoms with Gasteiger partial charge in [0.25, 0.3) is 5.91 Å². The summed E-state index contributed by atoms with van der Waals surface area (Å²) in [4.78, 5) is 26.9. The predicted molar refractivity (Wildman–Crippen MR) is 89.0 cm³/mol. The quantitative estimate of drug-likeness (QED) is 0.717. The van der Waals surface area contributed by atoms with E-state index in [0.29, 0.717) is 22.0 Å². The zero-order chi connectivity index (χ0) is 16.4. The molecule has 5 nitrogen and oxygen atoms in total. The highest BCUT2D eigenvalue weighted by atomic mass is 35.5. The molecule has 0 bridgehead atoms. The van der Waals surface area contributed by atoms with Gasteiger partial charge in [0.15, 0.2) is 0 Å². The summed E-state index contributed by atoms with van der Waals surface area (Å²) in [6, 6.07) is 13.6. The number of halogens is 1. The summed E-state index contributed by atoms with van der Waals surface area (Å²) in [5.74, 6) is -0.763. The van der Waals surface area contributed by atoms with Crippen LogP contribution in [0.15, 0.2) is 48.5 Å². The van der Waals surface area contributed by atoms with Gasteiger partial charge in [0.2, 0.25) is 0 Å². The number of H-pyrrole nitrogens is 1. The van der Waals surface area contributed by atoms with E-state index in [0.717, 1.165) is 10.9 Å². The van der Waals surface area contributed by atoms with Gasteiger partial charge < -0.3 is 15.0 Å². The van der Waals surface area contributed by atoms with Gasteiger partial charge in [-0.05, 0) is 42.5 Å². The van der Waals surface area contributed by atoms with Crippen LogP contribution in [-0.4, -0.2) is 24.0 Å². The first-order chi connectivity index (χ1) is 11.1. The topological polar surface area (TPSA) is 71.2 Å². The van der Waals surface area contributed by atoms with E-state index in [1.165, 1.54) is 7.11 Å². The number of hydrogen-bond donors (Lipinski definition) is 2. The second kappa shape index (κ2) is 6.14. The maximum atomic E-state index is 12.3. The number of rotatable bonds is 3. The highest BCUT2D eigenvalue weighted by molar-refractivity contribution is 6.31. The number of hydrogen-bond acceptors (Lipinski definition) is 3. The number of carbonyl (C=O) groups is 2. The number of methoxy groups -OCH3 is 1. The third-order valence-corrected chi connectivity index (χ3v) is 3.60. The molecule has 1 amide bonds. The molecule has 0 aliphatic carbocycles. The van der Waals surface area contributed by atoms with Gasteiger partial charge in [-0.3, -0.25) is 4.79 Å². The Hall–Kier alpha value is -2.79. The molecule has 0 saturated heterocycles. The van der Waals surface area contributed by atoms with Crippen molar-refractivity contribution in [3.05, 3.63) is 64.8 Å². The van der Waals surface area contributed by atoms with E-state index in [1.807, 2.05) is 6.07 Å². The molecule has 6 heteroatoms. The van der Waals surface area contributed by atoms with Crippen molar-refractivity contribution in [2.24, 2.45) is 0 Å². The lowest BCUT2D eigenvalue weighted by atomic mass is 10.2. The van der Waals surface area contributed by atoms with E-state index in [4.69, 9.17) is 11.6 Å². The molecule has 1 aromatic heterocycles. The summed E-state index contributed by atoms with van der Waals surface area (Å²) >= 11 is 5.94. The maximum Gasteiger partial charge on any atom is 0.337 e. The number of esters is 1. The predicted octanol–water partition coefficient (Wildman–Crippen LogP) is 3.86. The van der Waals surface area contributed by atoms with Crippen LogP contribution in [-0.2, 0) is 4.74 Å². The molecule has 0 aliphatic heterocycles. The third kappa shape index (κ3) is 3.19. The minimum absolute atomic E-state index is 0.306. The molecule has 0 spiro atoms.